The van der Waals surface area contributed by atoms with Crippen LogP contribution in [0, 0.1) is 11.3 Å². The van der Waals surface area contributed by atoms with E-state index in [2.05, 4.69) is 39.2 Å². The van der Waals surface area contributed by atoms with E-state index in [9.17, 15) is 10.1 Å². The van der Waals surface area contributed by atoms with Crippen LogP contribution in [0.15, 0.2) is 54.7 Å². The molecule has 3 aromatic rings. The molecule has 1 amide bonds. The van der Waals surface area contributed by atoms with Crippen LogP contribution in [0.3, 0.4) is 0 Å². The number of likely N-dealkylation sites (N-methyl/N-ethyl adjacent to an activating group) is 1. The first-order chi connectivity index (χ1) is 14.4. The van der Waals surface area contributed by atoms with Crippen molar-refractivity contribution in [3.63, 3.8) is 0 Å². The molecule has 1 spiro atoms. The van der Waals surface area contributed by atoms with Gasteiger partial charge < -0.3 is 14.8 Å². The normalized spacial score (nSPS) is 24.0. The number of nitrogens with one attached hydrogen (secondary N) is 1. The van der Waals surface area contributed by atoms with E-state index in [1.54, 1.807) is 23.1 Å². The van der Waals surface area contributed by atoms with E-state index < -0.39 is 5.54 Å². The van der Waals surface area contributed by atoms with Gasteiger partial charge in [0.05, 0.1) is 17.3 Å². The van der Waals surface area contributed by atoms with Gasteiger partial charge in [0.25, 0.3) is 5.91 Å². The number of anilines is 1. The summed E-state index contributed by atoms with van der Waals surface area (Å²) in [7, 11) is 4.06. The van der Waals surface area contributed by atoms with Crippen molar-refractivity contribution in [2.24, 2.45) is 7.05 Å². The molecule has 2 saturated heterocycles. The number of carbonyl (C=O) groups is 1. The van der Waals surface area contributed by atoms with Gasteiger partial charge in [-0.2, -0.15) is 5.26 Å². The number of nitriles is 1. The number of carbonyl (C=O) groups excluding carboxylic acids is 1. The first kappa shape index (κ1) is 18.8. The molecule has 0 unspecified atom stereocenters. The van der Waals surface area contributed by atoms with Gasteiger partial charge in [-0.05, 0) is 49.1 Å². The van der Waals surface area contributed by atoms with Crippen molar-refractivity contribution in [2.45, 2.75) is 11.5 Å². The number of aromatic nitrogens is 1. The predicted octanol–water partition coefficient (Wildman–Crippen LogP) is 2.74. The van der Waals surface area contributed by atoms with E-state index >= 15 is 0 Å². The van der Waals surface area contributed by atoms with E-state index in [0.29, 0.717) is 22.9 Å². The molecular weight excluding hydrogens is 394 g/mol. The van der Waals surface area contributed by atoms with Crippen molar-refractivity contribution in [1.29, 1.82) is 5.26 Å². The van der Waals surface area contributed by atoms with Crippen molar-refractivity contribution in [3.05, 3.63) is 65.9 Å². The Balaban J connectivity index is 1.62. The quantitative estimate of drug-likeness (QED) is 0.652. The zero-order valence-corrected chi connectivity index (χ0v) is 17.6. The molecule has 5 rings (SSSR count). The molecule has 7 heteroatoms. The van der Waals surface area contributed by atoms with Crippen molar-refractivity contribution in [1.82, 2.24) is 14.8 Å². The molecule has 2 atom stereocenters. The van der Waals surface area contributed by atoms with Crippen LogP contribution in [0.25, 0.3) is 10.9 Å². The smallest absolute Gasteiger partial charge is 0.261 e. The van der Waals surface area contributed by atoms with Gasteiger partial charge in [-0.3, -0.25) is 9.69 Å². The van der Waals surface area contributed by atoms with Gasteiger partial charge >= 0.3 is 0 Å². The zero-order valence-electron chi connectivity index (χ0n) is 16.8. The van der Waals surface area contributed by atoms with E-state index in [0.717, 1.165) is 23.0 Å². The number of nitrogens with zero attached hydrogens (tertiary/aromatic N) is 4. The third-order valence-electron chi connectivity index (χ3n) is 6.26. The number of para-hydroxylation sites is 1. The SMILES string of the molecule is CN1C[C@@H](c2cn(C)c3ccccc23)[C@]2(C1)NC(=S)N(c1cccc(C#N)c1)C2=O. The number of likely N-dealkylation sites (tertiary alicyclic amines) is 1. The molecule has 0 aliphatic carbocycles. The van der Waals surface area contributed by atoms with Crippen LogP contribution in [0.2, 0.25) is 0 Å². The third kappa shape index (κ3) is 2.58. The van der Waals surface area contributed by atoms with Crippen LogP contribution < -0.4 is 10.2 Å². The van der Waals surface area contributed by atoms with Crippen molar-refractivity contribution in [2.75, 3.05) is 25.0 Å². The second-order valence-electron chi connectivity index (χ2n) is 8.17. The Bertz CT molecular complexity index is 1240. The molecular formula is C23H21N5OS. The van der Waals surface area contributed by atoms with Crippen LogP contribution in [-0.4, -0.2) is 46.2 Å². The van der Waals surface area contributed by atoms with Crippen molar-refractivity contribution in [3.8, 4) is 6.07 Å². The Morgan fingerprint density at radius 1 is 1.20 bits per heavy atom. The topological polar surface area (TPSA) is 64.3 Å². The maximum Gasteiger partial charge on any atom is 0.261 e. The minimum absolute atomic E-state index is 0.0526. The highest BCUT2D eigenvalue weighted by Gasteiger charge is 2.59. The predicted molar refractivity (Wildman–Crippen MR) is 120 cm³/mol. The maximum atomic E-state index is 13.9. The van der Waals surface area contributed by atoms with E-state index in [1.807, 2.05) is 32.3 Å². The standard InChI is InChI=1S/C23H21N5OS/c1-26-13-19(18-12-27(2)20-9-4-3-8-17(18)20)23(14-26)21(29)28(22(30)25-23)16-7-5-6-15(10-16)11-24/h3-10,12,19H,13-14H2,1-2H3,(H,25,30)/t19-,23-/m0/s1. The summed E-state index contributed by atoms with van der Waals surface area (Å²) in [6.45, 7) is 1.32. The average molecular weight is 416 g/mol. The van der Waals surface area contributed by atoms with Crippen LogP contribution in [0.4, 0.5) is 5.69 Å². The summed E-state index contributed by atoms with van der Waals surface area (Å²) >= 11 is 5.62. The molecule has 6 nitrogen and oxygen atoms in total. The van der Waals surface area contributed by atoms with Crippen LogP contribution in [-0.2, 0) is 11.8 Å². The number of benzene rings is 2. The lowest BCUT2D eigenvalue weighted by Crippen LogP contribution is -2.52. The Hall–Kier alpha value is -3.21. The highest BCUT2D eigenvalue weighted by molar-refractivity contribution is 7.80. The average Bonchev–Trinajstić information content (AvgIpc) is 3.33. The molecule has 1 aromatic heterocycles. The summed E-state index contributed by atoms with van der Waals surface area (Å²) in [5.41, 5.74) is 2.58. The summed E-state index contributed by atoms with van der Waals surface area (Å²) in [6, 6.07) is 17.4. The van der Waals surface area contributed by atoms with E-state index in [4.69, 9.17) is 12.2 Å². The Morgan fingerprint density at radius 2 is 2.00 bits per heavy atom. The van der Waals surface area contributed by atoms with Gasteiger partial charge in [-0.15, -0.1) is 0 Å². The summed E-state index contributed by atoms with van der Waals surface area (Å²) in [5, 5.41) is 14.2. The van der Waals surface area contributed by atoms with Gasteiger partial charge in [-0.25, -0.2) is 0 Å². The number of amides is 1. The molecule has 2 aliphatic heterocycles. The van der Waals surface area contributed by atoms with Gasteiger partial charge in [0.2, 0.25) is 0 Å². The highest BCUT2D eigenvalue weighted by atomic mass is 32.1. The van der Waals surface area contributed by atoms with Crippen molar-refractivity contribution >= 4 is 39.8 Å². The number of hydrogen-bond acceptors (Lipinski definition) is 4. The zero-order chi connectivity index (χ0) is 21.0. The Labute approximate surface area is 180 Å². The molecule has 1 N–H and O–H groups in total. The molecule has 3 heterocycles. The maximum absolute atomic E-state index is 13.9. The molecule has 0 saturated carbocycles. The lowest BCUT2D eigenvalue weighted by molar-refractivity contribution is -0.122. The molecule has 150 valence electrons. The fourth-order valence-corrected chi connectivity index (χ4v) is 5.34. The number of fused-ring (bicyclic) bond motifs is 1. The fourth-order valence-electron chi connectivity index (χ4n) is 4.97. The Morgan fingerprint density at radius 3 is 2.80 bits per heavy atom. The van der Waals surface area contributed by atoms with Crippen LogP contribution >= 0.6 is 12.2 Å². The lowest BCUT2D eigenvalue weighted by Gasteiger charge is -2.28. The summed E-state index contributed by atoms with van der Waals surface area (Å²) < 4.78 is 2.11. The highest BCUT2D eigenvalue weighted by Crippen LogP contribution is 2.43. The molecule has 2 aliphatic rings. The van der Waals surface area contributed by atoms with Gasteiger partial charge in [0.1, 0.15) is 5.54 Å². The number of aryl methyl sites for hydroxylation is 1. The number of rotatable bonds is 2. The molecule has 2 fully saturated rings. The Kier molecular flexibility index (Phi) is 4.17. The van der Waals surface area contributed by atoms with E-state index in [-0.39, 0.29) is 11.8 Å². The lowest BCUT2D eigenvalue weighted by atomic mass is 9.81. The molecule has 0 bridgehead atoms. The van der Waals surface area contributed by atoms with Crippen LogP contribution in [0.1, 0.15) is 17.0 Å². The second-order valence-corrected chi connectivity index (χ2v) is 8.55. The fraction of sp³-hybridized carbons (Fsp3) is 0.261. The minimum atomic E-state index is -0.835. The monoisotopic (exact) mass is 415 g/mol. The van der Waals surface area contributed by atoms with Gasteiger partial charge in [-0.1, -0.05) is 24.3 Å². The molecule has 30 heavy (non-hydrogen) atoms. The second kappa shape index (κ2) is 6.66. The van der Waals surface area contributed by atoms with Gasteiger partial charge in [0, 0.05) is 43.2 Å². The minimum Gasteiger partial charge on any atom is -0.350 e. The van der Waals surface area contributed by atoms with E-state index in [1.165, 1.54) is 0 Å². The number of hydrogen-bond donors (Lipinski definition) is 1. The number of thiocarbonyl (C=S) groups is 1. The summed E-state index contributed by atoms with van der Waals surface area (Å²) in [4.78, 5) is 17.6. The van der Waals surface area contributed by atoms with Crippen molar-refractivity contribution < 1.29 is 4.79 Å². The molecule has 2 aromatic carbocycles. The first-order valence-corrected chi connectivity index (χ1v) is 10.2. The first-order valence-electron chi connectivity index (χ1n) is 9.84. The summed E-state index contributed by atoms with van der Waals surface area (Å²) in [5.74, 6) is -0.118. The third-order valence-corrected chi connectivity index (χ3v) is 6.55. The van der Waals surface area contributed by atoms with Crippen LogP contribution in [0.5, 0.6) is 0 Å². The molecule has 0 radical (unpaired) electrons. The van der Waals surface area contributed by atoms with Gasteiger partial charge in [0.15, 0.2) is 5.11 Å². The summed E-state index contributed by atoms with van der Waals surface area (Å²) in [6.07, 6.45) is 2.13. The largest absolute Gasteiger partial charge is 0.350 e.